The van der Waals surface area contributed by atoms with Gasteiger partial charge in [0, 0.05) is 5.92 Å². The van der Waals surface area contributed by atoms with Crippen molar-refractivity contribution in [3.05, 3.63) is 40.9 Å². The minimum Gasteiger partial charge on any atom is -0.0853 e. The van der Waals surface area contributed by atoms with Crippen molar-refractivity contribution in [2.45, 2.75) is 92.9 Å². The fraction of sp³-hybridized carbons (Fsp3) is 0.708. The van der Waals surface area contributed by atoms with Crippen LogP contribution in [0.4, 0.5) is 0 Å². The molecular weight excluding hydrogens is 288 g/mol. The summed E-state index contributed by atoms with van der Waals surface area (Å²) in [7, 11) is 0. The van der Waals surface area contributed by atoms with Gasteiger partial charge in [0.05, 0.1) is 12.8 Å². The molecule has 0 aromatic rings. The summed E-state index contributed by atoms with van der Waals surface area (Å²) in [4.78, 5) is 0. The standard InChI is InChI=1S/C24H39/c1-18(2)10-12-21(5)22-15-17-24(6)16-14-20(4)9-7-8-19(3)11-13-23(22)24/h8,10,14,22-23H,7,9,11-13,15-17H2,1-6H3/q+1/b19-8+,20-14+/t22?,23-,24-/m0/s1. The monoisotopic (exact) mass is 327 g/mol. The molecule has 0 heterocycles. The Morgan fingerprint density at radius 1 is 1.17 bits per heavy atom. The first-order valence-corrected chi connectivity index (χ1v) is 10.1. The van der Waals surface area contributed by atoms with Crippen LogP contribution < -0.4 is 0 Å². The second kappa shape index (κ2) is 8.45. The van der Waals surface area contributed by atoms with E-state index in [1.165, 1.54) is 56.9 Å². The summed E-state index contributed by atoms with van der Waals surface area (Å²) in [5.41, 5.74) is 5.16. The van der Waals surface area contributed by atoms with E-state index in [0.717, 1.165) is 11.8 Å². The summed E-state index contributed by atoms with van der Waals surface area (Å²) in [6.07, 6.45) is 17.9. The van der Waals surface area contributed by atoms with Crippen molar-refractivity contribution in [3.63, 3.8) is 0 Å². The summed E-state index contributed by atoms with van der Waals surface area (Å²) >= 11 is 0. The highest BCUT2D eigenvalue weighted by Crippen LogP contribution is 2.55. The van der Waals surface area contributed by atoms with Crippen LogP contribution in [0.5, 0.6) is 0 Å². The Morgan fingerprint density at radius 2 is 1.88 bits per heavy atom. The molecule has 2 aliphatic carbocycles. The smallest absolute Gasteiger partial charge is 0.0853 e. The summed E-state index contributed by atoms with van der Waals surface area (Å²) in [6, 6.07) is 0. The maximum atomic E-state index is 2.58. The Labute approximate surface area is 151 Å². The quantitative estimate of drug-likeness (QED) is 0.366. The van der Waals surface area contributed by atoms with Crippen LogP contribution in [0.3, 0.4) is 0 Å². The molecule has 0 aliphatic heterocycles. The lowest BCUT2D eigenvalue weighted by Crippen LogP contribution is -2.27. The fourth-order valence-electron chi connectivity index (χ4n) is 4.81. The van der Waals surface area contributed by atoms with Gasteiger partial charge in [-0.3, -0.25) is 0 Å². The Balaban J connectivity index is 2.20. The Kier molecular flexibility index (Phi) is 6.84. The predicted molar refractivity (Wildman–Crippen MR) is 108 cm³/mol. The van der Waals surface area contributed by atoms with Gasteiger partial charge in [-0.05, 0) is 84.1 Å². The molecule has 1 fully saturated rings. The second-order valence-corrected chi connectivity index (χ2v) is 9.12. The summed E-state index contributed by atoms with van der Waals surface area (Å²) in [6.45, 7) is 14.1. The molecule has 0 aromatic carbocycles. The zero-order valence-corrected chi connectivity index (χ0v) is 17.0. The predicted octanol–water partition coefficient (Wildman–Crippen LogP) is 7.83. The van der Waals surface area contributed by atoms with Crippen molar-refractivity contribution in [1.29, 1.82) is 0 Å². The Morgan fingerprint density at radius 3 is 2.58 bits per heavy atom. The van der Waals surface area contributed by atoms with Gasteiger partial charge in [0.15, 0.2) is 0 Å². The number of fused-ring (bicyclic) bond motifs is 1. The molecule has 0 saturated heterocycles. The van der Waals surface area contributed by atoms with Crippen LogP contribution in [0.2, 0.25) is 0 Å². The first kappa shape index (κ1) is 19.4. The SMILES string of the molecule is CC(C)=CC[C+](C)C1CC[C@]2(C)C/C=C(\C)CC/C=C(\C)CC[C@@H]12. The number of hydrogen-bond acceptors (Lipinski definition) is 0. The van der Waals surface area contributed by atoms with Crippen LogP contribution >= 0.6 is 0 Å². The summed E-state index contributed by atoms with van der Waals surface area (Å²) < 4.78 is 0. The van der Waals surface area contributed by atoms with E-state index < -0.39 is 0 Å². The topological polar surface area (TPSA) is 0 Å². The zero-order valence-electron chi connectivity index (χ0n) is 17.0. The highest BCUT2D eigenvalue weighted by atomic mass is 14.5. The lowest BCUT2D eigenvalue weighted by molar-refractivity contribution is 0.185. The third kappa shape index (κ3) is 5.04. The van der Waals surface area contributed by atoms with Crippen molar-refractivity contribution in [3.8, 4) is 0 Å². The van der Waals surface area contributed by atoms with Gasteiger partial charge in [-0.25, -0.2) is 0 Å². The molecule has 24 heavy (non-hydrogen) atoms. The van der Waals surface area contributed by atoms with Gasteiger partial charge >= 0.3 is 0 Å². The highest BCUT2D eigenvalue weighted by Gasteiger charge is 2.50. The molecule has 1 saturated carbocycles. The minimum atomic E-state index is 0.503. The van der Waals surface area contributed by atoms with E-state index in [0.29, 0.717) is 5.41 Å². The third-order valence-electron chi connectivity index (χ3n) is 6.67. The van der Waals surface area contributed by atoms with E-state index in [2.05, 4.69) is 59.8 Å². The molecule has 1 unspecified atom stereocenters. The Hall–Kier alpha value is -0.910. The largest absolute Gasteiger partial charge is 0.108 e. The van der Waals surface area contributed by atoms with Crippen LogP contribution in [0.15, 0.2) is 34.9 Å². The van der Waals surface area contributed by atoms with E-state index in [1.807, 2.05) is 0 Å². The van der Waals surface area contributed by atoms with Gasteiger partial charge in [0.25, 0.3) is 0 Å². The molecule has 0 radical (unpaired) electrons. The lowest BCUT2D eigenvalue weighted by atomic mass is 9.69. The lowest BCUT2D eigenvalue weighted by Gasteiger charge is -2.32. The van der Waals surface area contributed by atoms with Crippen LogP contribution in [-0.2, 0) is 0 Å². The van der Waals surface area contributed by atoms with Crippen molar-refractivity contribution in [1.82, 2.24) is 0 Å². The number of hydrogen-bond donors (Lipinski definition) is 0. The number of allylic oxidation sites excluding steroid dienone is 6. The summed E-state index contributed by atoms with van der Waals surface area (Å²) in [5, 5.41) is 0. The van der Waals surface area contributed by atoms with Gasteiger partial charge in [-0.2, -0.15) is 0 Å². The van der Waals surface area contributed by atoms with Crippen molar-refractivity contribution < 1.29 is 0 Å². The third-order valence-corrected chi connectivity index (χ3v) is 6.67. The van der Waals surface area contributed by atoms with Gasteiger partial charge in [0.1, 0.15) is 12.3 Å². The maximum absolute atomic E-state index is 2.58. The van der Waals surface area contributed by atoms with Crippen molar-refractivity contribution >= 4 is 0 Å². The molecule has 3 atom stereocenters. The molecule has 0 aromatic heterocycles. The Bertz CT molecular complexity index is 500. The molecule has 0 spiro atoms. The average Bonchev–Trinajstić information content (AvgIpc) is 2.84. The second-order valence-electron chi connectivity index (χ2n) is 9.12. The fourth-order valence-corrected chi connectivity index (χ4v) is 4.81. The van der Waals surface area contributed by atoms with E-state index in [4.69, 9.17) is 0 Å². The van der Waals surface area contributed by atoms with Gasteiger partial charge in [-0.15, -0.1) is 0 Å². The molecule has 2 aliphatic rings. The van der Waals surface area contributed by atoms with E-state index >= 15 is 0 Å². The van der Waals surface area contributed by atoms with Gasteiger partial charge < -0.3 is 0 Å². The van der Waals surface area contributed by atoms with E-state index in [1.54, 1.807) is 17.1 Å². The molecule has 0 bridgehead atoms. The first-order valence-electron chi connectivity index (χ1n) is 10.1. The molecule has 134 valence electrons. The molecule has 2 rings (SSSR count). The molecule has 0 N–H and O–H groups in total. The molecule has 0 amide bonds. The molecular formula is C24H39+. The van der Waals surface area contributed by atoms with E-state index in [9.17, 15) is 0 Å². The highest BCUT2D eigenvalue weighted by molar-refractivity contribution is 5.13. The zero-order chi connectivity index (χ0) is 17.7. The first-order chi connectivity index (χ1) is 11.3. The summed E-state index contributed by atoms with van der Waals surface area (Å²) in [5.74, 6) is 3.41. The van der Waals surface area contributed by atoms with Crippen LogP contribution in [0.25, 0.3) is 0 Å². The van der Waals surface area contributed by atoms with Crippen molar-refractivity contribution in [2.75, 3.05) is 0 Å². The van der Waals surface area contributed by atoms with Gasteiger partial charge in [-0.1, -0.05) is 35.8 Å². The minimum absolute atomic E-state index is 0.503. The number of rotatable bonds is 3. The van der Waals surface area contributed by atoms with Crippen LogP contribution in [-0.4, -0.2) is 0 Å². The van der Waals surface area contributed by atoms with Crippen LogP contribution in [0.1, 0.15) is 92.9 Å². The molecule has 0 heteroatoms. The van der Waals surface area contributed by atoms with Crippen molar-refractivity contribution in [2.24, 2.45) is 17.3 Å². The van der Waals surface area contributed by atoms with Crippen LogP contribution in [0, 0.1) is 23.2 Å². The normalized spacial score (nSPS) is 35.8. The van der Waals surface area contributed by atoms with Gasteiger partial charge in [0.2, 0.25) is 0 Å². The van der Waals surface area contributed by atoms with E-state index in [-0.39, 0.29) is 0 Å². The average molecular weight is 328 g/mol. The molecule has 0 nitrogen and oxygen atoms in total. The maximum Gasteiger partial charge on any atom is 0.108 e.